The molecule has 1 aromatic carbocycles. The topological polar surface area (TPSA) is 102 Å². The lowest BCUT2D eigenvalue weighted by atomic mass is 9.98. The molecule has 1 aliphatic heterocycles. The van der Waals surface area contributed by atoms with E-state index in [1.54, 1.807) is 20.8 Å². The maximum Gasteiger partial charge on any atom is 0.407 e. The van der Waals surface area contributed by atoms with E-state index in [0.717, 1.165) is 0 Å². The Balaban J connectivity index is 1.85. The predicted octanol–water partition coefficient (Wildman–Crippen LogP) is 4.11. The third-order valence-electron chi connectivity index (χ3n) is 5.50. The smallest absolute Gasteiger partial charge is 0.407 e. The van der Waals surface area contributed by atoms with Crippen molar-refractivity contribution in [1.29, 1.82) is 0 Å². The zero-order valence-corrected chi connectivity index (χ0v) is 22.0. The summed E-state index contributed by atoms with van der Waals surface area (Å²) in [6.45, 7) is 9.86. The Bertz CT molecular complexity index is 992. The van der Waals surface area contributed by atoms with E-state index in [1.165, 1.54) is 24.3 Å². The zero-order valence-electron chi connectivity index (χ0n) is 21.2. The molecule has 1 saturated heterocycles. The van der Waals surface area contributed by atoms with Crippen LogP contribution in [0.2, 0.25) is 0 Å². The van der Waals surface area contributed by atoms with Crippen LogP contribution in [0.4, 0.5) is 9.18 Å². The molecule has 2 rings (SSSR count). The van der Waals surface area contributed by atoms with Gasteiger partial charge in [-0.25, -0.2) is 17.6 Å². The van der Waals surface area contributed by atoms with E-state index in [4.69, 9.17) is 9.47 Å². The standard InChI is InChI=1S/C25H37FN2O6S/c1-18(2)23(29)28-12-10-19(11-13-28)17-35(31,32)22-8-6-21(7-9-22)33-16-20(14-26)15-27-24(30)34-25(3,4)5/h6-9,14,18-19H,10-13,15-17H2,1-5H3,(H,27,30)/b20-14+. The first kappa shape index (κ1) is 28.6. The molecule has 2 amide bonds. The van der Waals surface area contributed by atoms with Crippen molar-refractivity contribution < 1.29 is 31.9 Å². The molecule has 196 valence electrons. The van der Waals surface area contributed by atoms with Crippen LogP contribution in [-0.4, -0.2) is 62.9 Å². The number of likely N-dealkylation sites (tertiary alicyclic amines) is 1. The second-order valence-electron chi connectivity index (χ2n) is 10.1. The van der Waals surface area contributed by atoms with Crippen LogP contribution < -0.4 is 10.1 Å². The normalized spacial score (nSPS) is 15.7. The number of amides is 2. The Morgan fingerprint density at radius 2 is 1.77 bits per heavy atom. The average Bonchev–Trinajstić information content (AvgIpc) is 2.78. The highest BCUT2D eigenvalue weighted by molar-refractivity contribution is 7.91. The highest BCUT2D eigenvalue weighted by Crippen LogP contribution is 2.25. The van der Waals surface area contributed by atoms with Crippen LogP contribution in [0.15, 0.2) is 41.1 Å². The van der Waals surface area contributed by atoms with Crippen LogP contribution in [0.3, 0.4) is 0 Å². The first-order valence-corrected chi connectivity index (χ1v) is 13.5. The van der Waals surface area contributed by atoms with Gasteiger partial charge >= 0.3 is 6.09 Å². The summed E-state index contributed by atoms with van der Waals surface area (Å²) >= 11 is 0. The minimum atomic E-state index is -3.49. The Kier molecular flexibility index (Phi) is 10.1. The molecule has 35 heavy (non-hydrogen) atoms. The highest BCUT2D eigenvalue weighted by Gasteiger charge is 2.28. The third kappa shape index (κ3) is 9.51. The van der Waals surface area contributed by atoms with Gasteiger partial charge in [0, 0.05) is 31.1 Å². The molecule has 0 unspecified atom stereocenters. The molecule has 0 bridgehead atoms. The van der Waals surface area contributed by atoms with Gasteiger partial charge in [0.15, 0.2) is 9.84 Å². The van der Waals surface area contributed by atoms with E-state index in [0.29, 0.717) is 38.0 Å². The number of carbonyl (C=O) groups is 2. The Morgan fingerprint density at radius 3 is 2.29 bits per heavy atom. The second-order valence-corrected chi connectivity index (χ2v) is 12.1. The summed E-state index contributed by atoms with van der Waals surface area (Å²) < 4.78 is 49.5. The summed E-state index contributed by atoms with van der Waals surface area (Å²) in [5.41, 5.74) is -0.471. The van der Waals surface area contributed by atoms with Gasteiger partial charge in [-0.2, -0.15) is 0 Å². The van der Waals surface area contributed by atoms with Crippen LogP contribution in [-0.2, 0) is 19.4 Å². The number of carbonyl (C=O) groups excluding carboxylic acids is 2. The molecule has 0 aliphatic carbocycles. The van der Waals surface area contributed by atoms with Crippen LogP contribution >= 0.6 is 0 Å². The zero-order chi connectivity index (χ0) is 26.2. The van der Waals surface area contributed by atoms with E-state index in [-0.39, 0.29) is 47.1 Å². The number of piperidine rings is 1. The van der Waals surface area contributed by atoms with Gasteiger partial charge < -0.3 is 19.7 Å². The molecule has 1 N–H and O–H groups in total. The van der Waals surface area contributed by atoms with Crippen molar-refractivity contribution in [2.24, 2.45) is 11.8 Å². The lowest BCUT2D eigenvalue weighted by molar-refractivity contribution is -0.135. The third-order valence-corrected chi connectivity index (χ3v) is 7.40. The van der Waals surface area contributed by atoms with Crippen molar-refractivity contribution >= 4 is 21.8 Å². The maximum atomic E-state index is 13.2. The second kappa shape index (κ2) is 12.4. The molecule has 0 aromatic heterocycles. The first-order chi connectivity index (χ1) is 16.3. The largest absolute Gasteiger partial charge is 0.489 e. The average molecular weight is 513 g/mol. The predicted molar refractivity (Wildman–Crippen MR) is 132 cm³/mol. The number of sulfone groups is 1. The Labute approximate surface area is 207 Å². The first-order valence-electron chi connectivity index (χ1n) is 11.8. The number of rotatable bonds is 9. The number of alkyl carbamates (subject to hydrolysis) is 1. The number of nitrogens with zero attached hydrogens (tertiary/aromatic N) is 1. The Hall–Kier alpha value is -2.62. The van der Waals surface area contributed by atoms with Gasteiger partial charge in [-0.3, -0.25) is 4.79 Å². The van der Waals surface area contributed by atoms with Gasteiger partial charge in [-0.15, -0.1) is 0 Å². The number of hydrogen-bond acceptors (Lipinski definition) is 6. The minimum absolute atomic E-state index is 0.00172. The van der Waals surface area contributed by atoms with Crippen molar-refractivity contribution in [3.05, 3.63) is 36.2 Å². The van der Waals surface area contributed by atoms with Crippen molar-refractivity contribution in [2.45, 2.75) is 58.0 Å². The van der Waals surface area contributed by atoms with Gasteiger partial charge in [0.1, 0.15) is 18.0 Å². The van der Waals surface area contributed by atoms with Crippen molar-refractivity contribution in [3.63, 3.8) is 0 Å². The number of benzene rings is 1. The van der Waals surface area contributed by atoms with E-state index >= 15 is 0 Å². The summed E-state index contributed by atoms with van der Waals surface area (Å²) in [6.07, 6.45) is 1.02. The summed E-state index contributed by atoms with van der Waals surface area (Å²) in [5, 5.41) is 2.46. The van der Waals surface area contributed by atoms with Crippen LogP contribution in [0.1, 0.15) is 47.5 Å². The van der Waals surface area contributed by atoms with Gasteiger partial charge in [-0.05, 0) is 63.8 Å². The van der Waals surface area contributed by atoms with E-state index in [9.17, 15) is 22.4 Å². The monoisotopic (exact) mass is 512 g/mol. The molecular formula is C25H37FN2O6S. The van der Waals surface area contributed by atoms with Gasteiger partial charge in [0.2, 0.25) is 5.91 Å². The van der Waals surface area contributed by atoms with E-state index in [1.807, 2.05) is 18.7 Å². The van der Waals surface area contributed by atoms with E-state index in [2.05, 4.69) is 5.32 Å². The number of hydrogen-bond donors (Lipinski definition) is 1. The fourth-order valence-electron chi connectivity index (χ4n) is 3.63. The quantitative estimate of drug-likeness (QED) is 0.534. The molecule has 1 fully saturated rings. The Morgan fingerprint density at radius 1 is 1.17 bits per heavy atom. The number of nitrogens with one attached hydrogen (secondary N) is 1. The molecule has 10 heteroatoms. The maximum absolute atomic E-state index is 13.2. The lowest BCUT2D eigenvalue weighted by Crippen LogP contribution is -2.41. The molecule has 0 radical (unpaired) electrons. The van der Waals surface area contributed by atoms with Gasteiger partial charge in [-0.1, -0.05) is 13.8 Å². The fraction of sp³-hybridized carbons (Fsp3) is 0.600. The summed E-state index contributed by atoms with van der Waals surface area (Å²) in [7, 11) is -3.49. The summed E-state index contributed by atoms with van der Waals surface area (Å²) in [5.74, 6) is 0.451. The highest BCUT2D eigenvalue weighted by atomic mass is 32.2. The minimum Gasteiger partial charge on any atom is -0.489 e. The van der Waals surface area contributed by atoms with Crippen LogP contribution in [0.5, 0.6) is 5.75 Å². The van der Waals surface area contributed by atoms with Crippen LogP contribution in [0.25, 0.3) is 0 Å². The molecule has 0 spiro atoms. The lowest BCUT2D eigenvalue weighted by Gasteiger charge is -2.33. The van der Waals surface area contributed by atoms with Crippen molar-refractivity contribution in [3.8, 4) is 5.75 Å². The summed E-state index contributed by atoms with van der Waals surface area (Å²) in [6, 6.07) is 5.99. The van der Waals surface area contributed by atoms with Gasteiger partial charge in [0.05, 0.1) is 17.0 Å². The fourth-order valence-corrected chi connectivity index (χ4v) is 5.33. The summed E-state index contributed by atoms with van der Waals surface area (Å²) in [4.78, 5) is 25.8. The number of ether oxygens (including phenoxy) is 2. The molecule has 1 aliphatic rings. The molecular weight excluding hydrogens is 475 g/mol. The van der Waals surface area contributed by atoms with E-state index < -0.39 is 21.5 Å². The van der Waals surface area contributed by atoms with Gasteiger partial charge in [0.25, 0.3) is 0 Å². The van der Waals surface area contributed by atoms with Crippen LogP contribution in [0, 0.1) is 11.8 Å². The molecule has 0 saturated carbocycles. The molecule has 8 nitrogen and oxygen atoms in total. The SMILES string of the molecule is CC(C)C(=O)N1CCC(CS(=O)(=O)c2ccc(OC/C(=C/F)CNC(=O)OC(C)(C)C)cc2)CC1. The number of halogens is 1. The molecule has 0 atom stereocenters. The van der Waals surface area contributed by atoms with Crippen molar-refractivity contribution in [1.82, 2.24) is 10.2 Å². The molecule has 1 aromatic rings. The van der Waals surface area contributed by atoms with Crippen molar-refractivity contribution in [2.75, 3.05) is 32.0 Å². The molecule has 1 heterocycles.